The third-order valence-electron chi connectivity index (χ3n) is 5.52. The Hall–Kier alpha value is -1.34. The van der Waals surface area contributed by atoms with Crippen molar-refractivity contribution < 1.29 is 0 Å². The highest BCUT2D eigenvalue weighted by Gasteiger charge is 2.32. The number of aryl methyl sites for hydroxylation is 2. The summed E-state index contributed by atoms with van der Waals surface area (Å²) < 4.78 is 0. The molecule has 2 N–H and O–H groups in total. The molecule has 1 aliphatic carbocycles. The van der Waals surface area contributed by atoms with Crippen LogP contribution in [0.3, 0.4) is 0 Å². The SMILES string of the molecule is Cc1ccc2ccccc2c1CCC1(CCN)CCCC1. The predicted molar refractivity (Wildman–Crippen MR) is 91.6 cm³/mol. The first-order chi connectivity index (χ1) is 10.2. The summed E-state index contributed by atoms with van der Waals surface area (Å²) in [5.74, 6) is 0. The third-order valence-corrected chi connectivity index (χ3v) is 5.52. The van der Waals surface area contributed by atoms with Crippen LogP contribution in [-0.4, -0.2) is 6.54 Å². The lowest BCUT2D eigenvalue weighted by molar-refractivity contribution is 0.253. The van der Waals surface area contributed by atoms with Crippen LogP contribution in [0.2, 0.25) is 0 Å². The van der Waals surface area contributed by atoms with Gasteiger partial charge in [0.2, 0.25) is 0 Å². The van der Waals surface area contributed by atoms with E-state index in [1.807, 2.05) is 0 Å². The van der Waals surface area contributed by atoms with Gasteiger partial charge in [0.25, 0.3) is 0 Å². The maximum atomic E-state index is 5.88. The summed E-state index contributed by atoms with van der Waals surface area (Å²) in [6.45, 7) is 3.10. The number of hydrogen-bond acceptors (Lipinski definition) is 1. The number of nitrogens with two attached hydrogens (primary N) is 1. The molecule has 0 radical (unpaired) electrons. The monoisotopic (exact) mass is 281 g/mol. The Balaban J connectivity index is 1.86. The highest BCUT2D eigenvalue weighted by molar-refractivity contribution is 5.86. The minimum atomic E-state index is 0.526. The van der Waals surface area contributed by atoms with Crippen LogP contribution < -0.4 is 5.73 Å². The zero-order valence-corrected chi connectivity index (χ0v) is 13.2. The molecule has 21 heavy (non-hydrogen) atoms. The number of hydrogen-bond donors (Lipinski definition) is 1. The Morgan fingerprint density at radius 3 is 2.52 bits per heavy atom. The molecule has 0 aromatic heterocycles. The Morgan fingerprint density at radius 1 is 1.00 bits per heavy atom. The van der Waals surface area contributed by atoms with E-state index in [0.29, 0.717) is 5.41 Å². The maximum absolute atomic E-state index is 5.88. The predicted octanol–water partition coefficient (Wildman–Crippen LogP) is 4.99. The number of rotatable bonds is 5. The summed E-state index contributed by atoms with van der Waals surface area (Å²) >= 11 is 0. The first-order valence-corrected chi connectivity index (χ1v) is 8.41. The quantitative estimate of drug-likeness (QED) is 0.821. The van der Waals surface area contributed by atoms with Crippen molar-refractivity contribution in [3.05, 3.63) is 47.5 Å². The van der Waals surface area contributed by atoms with Gasteiger partial charge in [-0.1, -0.05) is 49.2 Å². The highest BCUT2D eigenvalue weighted by Crippen LogP contribution is 2.44. The minimum absolute atomic E-state index is 0.526. The van der Waals surface area contributed by atoms with Gasteiger partial charge in [-0.25, -0.2) is 0 Å². The number of benzene rings is 2. The fourth-order valence-electron chi connectivity index (χ4n) is 4.22. The second-order valence-corrected chi connectivity index (χ2v) is 6.83. The lowest BCUT2D eigenvalue weighted by atomic mass is 9.77. The zero-order valence-electron chi connectivity index (χ0n) is 13.2. The van der Waals surface area contributed by atoms with Crippen molar-refractivity contribution in [2.24, 2.45) is 11.1 Å². The molecule has 0 saturated heterocycles. The highest BCUT2D eigenvalue weighted by atomic mass is 14.5. The van der Waals surface area contributed by atoms with E-state index in [-0.39, 0.29) is 0 Å². The molecule has 0 bridgehead atoms. The molecule has 1 fully saturated rings. The van der Waals surface area contributed by atoms with E-state index in [1.165, 1.54) is 61.3 Å². The van der Waals surface area contributed by atoms with Gasteiger partial charge in [0.1, 0.15) is 0 Å². The molecule has 3 rings (SSSR count). The summed E-state index contributed by atoms with van der Waals surface area (Å²) in [5, 5.41) is 2.82. The van der Waals surface area contributed by atoms with Crippen LogP contribution in [0.15, 0.2) is 36.4 Å². The first kappa shape index (κ1) is 14.6. The average Bonchev–Trinajstić information content (AvgIpc) is 2.95. The lowest BCUT2D eigenvalue weighted by Gasteiger charge is -2.29. The average molecular weight is 281 g/mol. The van der Waals surface area contributed by atoms with Gasteiger partial charge in [-0.05, 0) is 72.9 Å². The Labute approximate surface area is 128 Å². The van der Waals surface area contributed by atoms with Crippen molar-refractivity contribution in [3.8, 4) is 0 Å². The van der Waals surface area contributed by atoms with Crippen LogP contribution in [0, 0.1) is 12.3 Å². The largest absolute Gasteiger partial charge is 0.330 e. The molecule has 2 aromatic rings. The van der Waals surface area contributed by atoms with E-state index in [1.54, 1.807) is 5.56 Å². The molecule has 1 heteroatoms. The van der Waals surface area contributed by atoms with Crippen LogP contribution in [0.5, 0.6) is 0 Å². The van der Waals surface area contributed by atoms with E-state index < -0.39 is 0 Å². The van der Waals surface area contributed by atoms with Crippen molar-refractivity contribution in [2.45, 2.75) is 51.9 Å². The fraction of sp³-hybridized carbons (Fsp3) is 0.500. The van der Waals surface area contributed by atoms with E-state index in [2.05, 4.69) is 43.3 Å². The van der Waals surface area contributed by atoms with E-state index in [9.17, 15) is 0 Å². The summed E-state index contributed by atoms with van der Waals surface area (Å²) in [4.78, 5) is 0. The Bertz CT molecular complexity index is 608. The van der Waals surface area contributed by atoms with Crippen molar-refractivity contribution in [3.63, 3.8) is 0 Å². The molecule has 1 saturated carbocycles. The second-order valence-electron chi connectivity index (χ2n) is 6.83. The second kappa shape index (κ2) is 6.19. The number of fused-ring (bicyclic) bond motifs is 1. The topological polar surface area (TPSA) is 26.0 Å². The Kier molecular flexibility index (Phi) is 4.30. The molecule has 0 unspecified atom stereocenters. The van der Waals surface area contributed by atoms with E-state index in [0.717, 1.165) is 6.54 Å². The molecule has 0 spiro atoms. The summed E-state index contributed by atoms with van der Waals surface area (Å²) in [6, 6.07) is 13.3. The van der Waals surface area contributed by atoms with Gasteiger partial charge < -0.3 is 5.73 Å². The summed E-state index contributed by atoms with van der Waals surface area (Å²) in [7, 11) is 0. The minimum Gasteiger partial charge on any atom is -0.330 e. The molecule has 112 valence electrons. The lowest BCUT2D eigenvalue weighted by Crippen LogP contribution is -2.22. The van der Waals surface area contributed by atoms with Crippen LogP contribution in [0.4, 0.5) is 0 Å². The molecular formula is C20H27N. The molecule has 1 aliphatic rings. The standard InChI is InChI=1S/C20H27N/c1-16-8-9-17-6-2-3-7-19(17)18(16)10-13-20(14-15-21)11-4-5-12-20/h2-3,6-9H,4-5,10-15,21H2,1H3. The summed E-state index contributed by atoms with van der Waals surface area (Å²) in [6.07, 6.45) is 9.27. The van der Waals surface area contributed by atoms with Crippen molar-refractivity contribution >= 4 is 10.8 Å². The van der Waals surface area contributed by atoms with Gasteiger partial charge >= 0.3 is 0 Å². The van der Waals surface area contributed by atoms with Gasteiger partial charge in [0.15, 0.2) is 0 Å². The van der Waals surface area contributed by atoms with Gasteiger partial charge in [-0.3, -0.25) is 0 Å². The molecule has 0 amide bonds. The zero-order chi connectivity index (χ0) is 14.7. The van der Waals surface area contributed by atoms with Gasteiger partial charge in [0, 0.05) is 0 Å². The molecule has 0 heterocycles. The van der Waals surface area contributed by atoms with Gasteiger partial charge in [0.05, 0.1) is 0 Å². The molecule has 0 atom stereocenters. The van der Waals surface area contributed by atoms with Crippen molar-refractivity contribution in [1.82, 2.24) is 0 Å². The summed E-state index contributed by atoms with van der Waals surface area (Å²) in [5.41, 5.74) is 9.40. The van der Waals surface area contributed by atoms with Crippen LogP contribution >= 0.6 is 0 Å². The van der Waals surface area contributed by atoms with E-state index in [4.69, 9.17) is 5.73 Å². The smallest absolute Gasteiger partial charge is 0.00720 e. The molecule has 0 aliphatic heterocycles. The molecule has 2 aromatic carbocycles. The van der Waals surface area contributed by atoms with Crippen molar-refractivity contribution in [2.75, 3.05) is 6.54 Å². The van der Waals surface area contributed by atoms with Crippen LogP contribution in [0.25, 0.3) is 10.8 Å². The third kappa shape index (κ3) is 2.98. The van der Waals surface area contributed by atoms with Crippen LogP contribution in [-0.2, 0) is 6.42 Å². The van der Waals surface area contributed by atoms with E-state index >= 15 is 0 Å². The van der Waals surface area contributed by atoms with Gasteiger partial charge in [-0.15, -0.1) is 0 Å². The first-order valence-electron chi connectivity index (χ1n) is 8.41. The van der Waals surface area contributed by atoms with Crippen molar-refractivity contribution in [1.29, 1.82) is 0 Å². The normalized spacial score (nSPS) is 17.4. The van der Waals surface area contributed by atoms with Gasteiger partial charge in [-0.2, -0.15) is 0 Å². The molecular weight excluding hydrogens is 254 g/mol. The fourth-order valence-corrected chi connectivity index (χ4v) is 4.22. The van der Waals surface area contributed by atoms with Crippen LogP contribution in [0.1, 0.15) is 49.7 Å². The Morgan fingerprint density at radius 2 is 1.76 bits per heavy atom. The molecule has 1 nitrogen and oxygen atoms in total. The maximum Gasteiger partial charge on any atom is -0.00720 e.